The number of aryl methyl sites for hydroxylation is 1. The van der Waals surface area contributed by atoms with Gasteiger partial charge in [-0.15, -0.1) is 11.3 Å². The number of carbonyl (C=O) groups is 2. The Kier molecular flexibility index (Phi) is 4.94. The van der Waals surface area contributed by atoms with Gasteiger partial charge < -0.3 is 15.2 Å². The Morgan fingerprint density at radius 1 is 1.50 bits per heavy atom. The maximum absolute atomic E-state index is 12.4. The first-order chi connectivity index (χ1) is 11.5. The van der Waals surface area contributed by atoms with Gasteiger partial charge in [0, 0.05) is 31.3 Å². The molecule has 0 radical (unpaired) electrons. The maximum Gasteiger partial charge on any atom is 0.228 e. The van der Waals surface area contributed by atoms with E-state index in [9.17, 15) is 9.59 Å². The third-order valence-corrected chi connectivity index (χ3v) is 4.92. The van der Waals surface area contributed by atoms with Crippen LogP contribution in [-0.2, 0) is 22.6 Å². The molecule has 3 heterocycles. The van der Waals surface area contributed by atoms with E-state index in [2.05, 4.69) is 20.3 Å². The molecule has 1 aliphatic rings. The number of imidazole rings is 1. The lowest BCUT2D eigenvalue weighted by Gasteiger charge is -2.15. The zero-order valence-electron chi connectivity index (χ0n) is 13.8. The lowest BCUT2D eigenvalue weighted by molar-refractivity contribution is -0.129. The molecule has 0 spiro atoms. The number of hydrogen-bond acceptors (Lipinski definition) is 5. The second kappa shape index (κ2) is 7.12. The number of likely N-dealkylation sites (tertiary alicyclic amines) is 1. The molecule has 2 aromatic rings. The van der Waals surface area contributed by atoms with Crippen molar-refractivity contribution in [2.45, 2.75) is 39.2 Å². The molecule has 1 fully saturated rings. The van der Waals surface area contributed by atoms with Crippen molar-refractivity contribution >= 4 is 23.2 Å². The van der Waals surface area contributed by atoms with E-state index in [1.807, 2.05) is 17.2 Å². The molecule has 3 rings (SSSR count). The molecule has 1 aliphatic heterocycles. The first-order valence-corrected chi connectivity index (χ1v) is 8.86. The summed E-state index contributed by atoms with van der Waals surface area (Å²) in [4.78, 5) is 37.2. The quantitative estimate of drug-likeness (QED) is 0.855. The predicted molar refractivity (Wildman–Crippen MR) is 90.6 cm³/mol. The van der Waals surface area contributed by atoms with Crippen LogP contribution in [0.25, 0.3) is 0 Å². The first-order valence-electron chi connectivity index (χ1n) is 7.98. The highest BCUT2D eigenvalue weighted by molar-refractivity contribution is 7.09. The summed E-state index contributed by atoms with van der Waals surface area (Å²) in [5, 5.41) is 5.67. The number of amides is 2. The maximum atomic E-state index is 12.4. The number of H-pyrrole nitrogens is 1. The van der Waals surface area contributed by atoms with Crippen molar-refractivity contribution in [1.82, 2.24) is 25.2 Å². The molecule has 0 aliphatic carbocycles. The molecule has 2 aromatic heterocycles. The Hall–Kier alpha value is -2.22. The van der Waals surface area contributed by atoms with Gasteiger partial charge in [-0.05, 0) is 13.3 Å². The Morgan fingerprint density at radius 2 is 2.33 bits per heavy atom. The second-order valence-electron chi connectivity index (χ2n) is 6.06. The summed E-state index contributed by atoms with van der Waals surface area (Å²) in [6.07, 6.45) is 3.01. The van der Waals surface area contributed by atoms with Crippen LogP contribution in [-0.4, -0.2) is 44.8 Å². The van der Waals surface area contributed by atoms with E-state index in [1.54, 1.807) is 17.5 Å². The summed E-state index contributed by atoms with van der Waals surface area (Å²) >= 11 is 1.57. The van der Waals surface area contributed by atoms with Gasteiger partial charge in [0.25, 0.3) is 0 Å². The van der Waals surface area contributed by atoms with Crippen LogP contribution in [0.2, 0.25) is 0 Å². The van der Waals surface area contributed by atoms with Gasteiger partial charge in [-0.25, -0.2) is 9.97 Å². The van der Waals surface area contributed by atoms with Crippen LogP contribution in [0, 0.1) is 6.92 Å². The molecule has 7 nitrogen and oxygen atoms in total. The highest BCUT2D eigenvalue weighted by Crippen LogP contribution is 2.25. The van der Waals surface area contributed by atoms with E-state index in [-0.39, 0.29) is 17.7 Å². The third kappa shape index (κ3) is 4.00. The lowest BCUT2D eigenvalue weighted by Crippen LogP contribution is -2.30. The molecule has 128 valence electrons. The highest BCUT2D eigenvalue weighted by atomic mass is 32.1. The van der Waals surface area contributed by atoms with Crippen molar-refractivity contribution in [2.24, 2.45) is 0 Å². The smallest absolute Gasteiger partial charge is 0.228 e. The van der Waals surface area contributed by atoms with Gasteiger partial charge in [0.15, 0.2) is 0 Å². The zero-order valence-corrected chi connectivity index (χ0v) is 14.7. The number of thiazole rings is 1. The fourth-order valence-corrected chi connectivity index (χ4v) is 3.47. The van der Waals surface area contributed by atoms with Gasteiger partial charge in [0.2, 0.25) is 11.8 Å². The molecule has 1 saturated heterocycles. The van der Waals surface area contributed by atoms with Crippen molar-refractivity contribution in [3.8, 4) is 0 Å². The van der Waals surface area contributed by atoms with Crippen molar-refractivity contribution in [1.29, 1.82) is 0 Å². The number of nitrogens with one attached hydrogen (secondary N) is 2. The molecule has 0 saturated carbocycles. The summed E-state index contributed by atoms with van der Waals surface area (Å²) in [5.41, 5.74) is 1.73. The molecular formula is C16H21N5O2S. The van der Waals surface area contributed by atoms with Gasteiger partial charge in [0.05, 0.1) is 35.6 Å². The number of aromatic nitrogens is 3. The van der Waals surface area contributed by atoms with Crippen molar-refractivity contribution in [3.05, 3.63) is 33.8 Å². The third-order valence-electron chi connectivity index (χ3n) is 4.10. The molecule has 1 atom stereocenters. The zero-order chi connectivity index (χ0) is 17.1. The first kappa shape index (κ1) is 16.6. The number of nitrogens with zero attached hydrogens (tertiary/aromatic N) is 3. The minimum Gasteiger partial charge on any atom is -0.351 e. The Labute approximate surface area is 144 Å². The van der Waals surface area contributed by atoms with E-state index < -0.39 is 0 Å². The van der Waals surface area contributed by atoms with Crippen LogP contribution in [0.4, 0.5) is 0 Å². The molecule has 24 heavy (non-hydrogen) atoms. The van der Waals surface area contributed by atoms with Crippen LogP contribution in [0.1, 0.15) is 41.5 Å². The molecule has 2 amide bonds. The summed E-state index contributed by atoms with van der Waals surface area (Å²) in [6.45, 7) is 5.30. The van der Waals surface area contributed by atoms with Crippen LogP contribution in [0.3, 0.4) is 0 Å². The van der Waals surface area contributed by atoms with Gasteiger partial charge in [-0.3, -0.25) is 9.59 Å². The van der Waals surface area contributed by atoms with Gasteiger partial charge in [0.1, 0.15) is 5.82 Å². The van der Waals surface area contributed by atoms with Gasteiger partial charge >= 0.3 is 0 Å². The van der Waals surface area contributed by atoms with Crippen LogP contribution in [0.5, 0.6) is 0 Å². The fourth-order valence-electron chi connectivity index (χ4n) is 2.86. The van der Waals surface area contributed by atoms with Crippen LogP contribution >= 0.6 is 11.3 Å². The van der Waals surface area contributed by atoms with E-state index in [0.29, 0.717) is 19.5 Å². The summed E-state index contributed by atoms with van der Waals surface area (Å²) in [5.74, 6) is 1.15. The van der Waals surface area contributed by atoms with E-state index in [4.69, 9.17) is 0 Å². The molecule has 0 unspecified atom stereocenters. The molecule has 0 bridgehead atoms. The highest BCUT2D eigenvalue weighted by Gasteiger charge is 2.29. The Morgan fingerprint density at radius 3 is 3.04 bits per heavy atom. The molecule has 2 N–H and O–H groups in total. The number of rotatable bonds is 5. The van der Waals surface area contributed by atoms with Crippen molar-refractivity contribution < 1.29 is 9.59 Å². The standard InChI is InChI=1S/C16H21N5O2S/c1-10(22)17-6-14-7-18-16(20-14)12-3-4-21(8-12)15(23)5-13-9-24-11(2)19-13/h7,9,12H,3-6,8H2,1-2H3,(H,17,22)(H,18,20)/t12-/m0/s1. The van der Waals surface area contributed by atoms with E-state index in [1.165, 1.54) is 6.92 Å². The predicted octanol–water partition coefficient (Wildman–Crippen LogP) is 1.37. The lowest BCUT2D eigenvalue weighted by atomic mass is 10.1. The topological polar surface area (TPSA) is 91.0 Å². The van der Waals surface area contributed by atoms with E-state index >= 15 is 0 Å². The van der Waals surface area contributed by atoms with Crippen LogP contribution in [0.15, 0.2) is 11.6 Å². The number of carbonyl (C=O) groups excluding carboxylic acids is 2. The monoisotopic (exact) mass is 347 g/mol. The Bertz CT molecular complexity index is 738. The summed E-state index contributed by atoms with van der Waals surface area (Å²) in [6, 6.07) is 0. The van der Waals surface area contributed by atoms with Gasteiger partial charge in [-0.2, -0.15) is 0 Å². The average molecular weight is 347 g/mol. The van der Waals surface area contributed by atoms with Crippen molar-refractivity contribution in [2.75, 3.05) is 13.1 Å². The number of hydrogen-bond donors (Lipinski definition) is 2. The van der Waals surface area contributed by atoms with Crippen LogP contribution < -0.4 is 5.32 Å². The summed E-state index contributed by atoms with van der Waals surface area (Å²) < 4.78 is 0. The normalized spacial score (nSPS) is 17.2. The summed E-state index contributed by atoms with van der Waals surface area (Å²) in [7, 11) is 0. The molecular weight excluding hydrogens is 326 g/mol. The van der Waals surface area contributed by atoms with E-state index in [0.717, 1.165) is 35.2 Å². The Balaban J connectivity index is 1.55. The fraction of sp³-hybridized carbons (Fsp3) is 0.500. The molecule has 0 aromatic carbocycles. The average Bonchev–Trinajstić information content (AvgIpc) is 3.24. The van der Waals surface area contributed by atoms with Crippen molar-refractivity contribution in [3.63, 3.8) is 0 Å². The number of aromatic amines is 1. The molecule has 8 heteroatoms. The minimum absolute atomic E-state index is 0.0685. The minimum atomic E-state index is -0.0685. The second-order valence-corrected chi connectivity index (χ2v) is 7.13. The SMILES string of the molecule is CC(=O)NCc1cnc([C@H]2CCN(C(=O)Cc3csc(C)n3)C2)[nH]1. The largest absolute Gasteiger partial charge is 0.351 e. The van der Waals surface area contributed by atoms with Gasteiger partial charge in [-0.1, -0.05) is 0 Å².